The molecule has 0 radical (unpaired) electrons. The van der Waals surface area contributed by atoms with E-state index in [1.807, 2.05) is 0 Å². The molecule has 2 fully saturated rings. The fourth-order valence-electron chi connectivity index (χ4n) is 2.78. The Bertz CT molecular complexity index is 133. The second-order valence-corrected chi connectivity index (χ2v) is 4.36. The smallest absolute Gasteiger partial charge is 0.000926 e. The second-order valence-electron chi connectivity index (χ2n) is 4.36. The molecule has 2 atom stereocenters. The van der Waals surface area contributed by atoms with Crippen LogP contribution in [-0.2, 0) is 0 Å². The number of nitrogens with zero attached hydrogens (tertiary/aromatic N) is 1. The van der Waals surface area contributed by atoms with Gasteiger partial charge < -0.3 is 4.90 Å². The predicted molar refractivity (Wildman–Crippen MR) is 47.6 cm³/mol. The fraction of sp³-hybridized carbons (Fsp3) is 1.00. The lowest BCUT2D eigenvalue weighted by Gasteiger charge is -2.39. The molecule has 1 saturated heterocycles. The standard InChI is InChI=1S/C10H19N/c1-11-7-6-9-4-2-3-5-10(9)8-11/h9-10H,2-8H2,1H3/t9-,10+/m0/s1. The van der Waals surface area contributed by atoms with Crippen molar-refractivity contribution >= 4 is 0 Å². The molecule has 0 amide bonds. The van der Waals surface area contributed by atoms with Crippen molar-refractivity contribution in [3.8, 4) is 0 Å². The van der Waals surface area contributed by atoms with Gasteiger partial charge in [-0.05, 0) is 38.3 Å². The van der Waals surface area contributed by atoms with Gasteiger partial charge in [0, 0.05) is 6.54 Å². The number of piperidine rings is 1. The first kappa shape index (κ1) is 7.60. The molecule has 64 valence electrons. The molecule has 1 heterocycles. The SMILES string of the molecule is CN1CC[C@@H]2CCCC[C@@H]2C1. The first-order chi connectivity index (χ1) is 5.36. The van der Waals surface area contributed by atoms with E-state index in [9.17, 15) is 0 Å². The molecule has 0 aromatic heterocycles. The Balaban J connectivity index is 1.93. The summed E-state index contributed by atoms with van der Waals surface area (Å²) in [5.41, 5.74) is 0. The molecule has 0 bridgehead atoms. The van der Waals surface area contributed by atoms with E-state index < -0.39 is 0 Å². The minimum atomic E-state index is 1.06. The van der Waals surface area contributed by atoms with E-state index in [0.717, 1.165) is 11.8 Å². The van der Waals surface area contributed by atoms with E-state index in [0.29, 0.717) is 0 Å². The van der Waals surface area contributed by atoms with Crippen molar-refractivity contribution in [3.05, 3.63) is 0 Å². The zero-order valence-electron chi connectivity index (χ0n) is 7.55. The van der Waals surface area contributed by atoms with E-state index >= 15 is 0 Å². The summed E-state index contributed by atoms with van der Waals surface area (Å²) in [5, 5.41) is 0. The summed E-state index contributed by atoms with van der Waals surface area (Å²) in [6, 6.07) is 0. The Morgan fingerprint density at radius 3 is 2.55 bits per heavy atom. The summed E-state index contributed by atoms with van der Waals surface area (Å²) in [6.07, 6.45) is 7.51. The van der Waals surface area contributed by atoms with Gasteiger partial charge in [0.2, 0.25) is 0 Å². The number of fused-ring (bicyclic) bond motifs is 1. The average molecular weight is 153 g/mol. The monoisotopic (exact) mass is 153 g/mol. The predicted octanol–water partition coefficient (Wildman–Crippen LogP) is 2.13. The van der Waals surface area contributed by atoms with Gasteiger partial charge in [-0.25, -0.2) is 0 Å². The van der Waals surface area contributed by atoms with E-state index in [1.165, 1.54) is 45.2 Å². The van der Waals surface area contributed by atoms with Crippen LogP contribution in [0, 0.1) is 11.8 Å². The van der Waals surface area contributed by atoms with Crippen LogP contribution in [0.15, 0.2) is 0 Å². The lowest BCUT2D eigenvalue weighted by molar-refractivity contribution is 0.105. The van der Waals surface area contributed by atoms with Gasteiger partial charge in [-0.15, -0.1) is 0 Å². The van der Waals surface area contributed by atoms with Crippen molar-refractivity contribution in [2.75, 3.05) is 20.1 Å². The number of hydrogen-bond acceptors (Lipinski definition) is 1. The maximum atomic E-state index is 2.51. The highest BCUT2D eigenvalue weighted by Crippen LogP contribution is 2.35. The van der Waals surface area contributed by atoms with Gasteiger partial charge >= 0.3 is 0 Å². The summed E-state index contributed by atoms with van der Waals surface area (Å²) in [5.74, 6) is 2.16. The van der Waals surface area contributed by atoms with Gasteiger partial charge in [-0.2, -0.15) is 0 Å². The molecule has 1 aliphatic heterocycles. The highest BCUT2D eigenvalue weighted by molar-refractivity contribution is 4.81. The minimum Gasteiger partial charge on any atom is -0.306 e. The molecular formula is C10H19N. The van der Waals surface area contributed by atoms with Gasteiger partial charge in [0.25, 0.3) is 0 Å². The maximum absolute atomic E-state index is 2.51. The molecule has 2 rings (SSSR count). The molecule has 0 aromatic rings. The highest BCUT2D eigenvalue weighted by atomic mass is 15.1. The molecule has 11 heavy (non-hydrogen) atoms. The maximum Gasteiger partial charge on any atom is 0.000926 e. The summed E-state index contributed by atoms with van der Waals surface area (Å²) in [6.45, 7) is 2.73. The van der Waals surface area contributed by atoms with Gasteiger partial charge in [0.05, 0.1) is 0 Å². The summed E-state index contributed by atoms with van der Waals surface area (Å²) in [4.78, 5) is 2.51. The van der Waals surface area contributed by atoms with Gasteiger partial charge in [-0.3, -0.25) is 0 Å². The Labute approximate surface area is 69.8 Å². The Hall–Kier alpha value is -0.0400. The first-order valence-corrected chi connectivity index (χ1v) is 5.05. The van der Waals surface area contributed by atoms with Crippen LogP contribution < -0.4 is 0 Å². The summed E-state index contributed by atoms with van der Waals surface area (Å²) < 4.78 is 0. The molecule has 1 heteroatoms. The van der Waals surface area contributed by atoms with Crippen molar-refractivity contribution < 1.29 is 0 Å². The third kappa shape index (κ3) is 1.58. The quantitative estimate of drug-likeness (QED) is 0.515. The molecule has 0 spiro atoms. The minimum absolute atomic E-state index is 1.06. The van der Waals surface area contributed by atoms with Crippen molar-refractivity contribution in [3.63, 3.8) is 0 Å². The van der Waals surface area contributed by atoms with Crippen LogP contribution in [0.4, 0.5) is 0 Å². The molecule has 0 N–H and O–H groups in total. The molecule has 0 unspecified atom stereocenters. The Kier molecular flexibility index (Phi) is 2.17. The molecule has 1 aliphatic carbocycles. The van der Waals surface area contributed by atoms with Crippen LogP contribution in [0.1, 0.15) is 32.1 Å². The van der Waals surface area contributed by atoms with E-state index in [4.69, 9.17) is 0 Å². The largest absolute Gasteiger partial charge is 0.306 e. The summed E-state index contributed by atoms with van der Waals surface area (Å²) >= 11 is 0. The topological polar surface area (TPSA) is 3.24 Å². The van der Waals surface area contributed by atoms with Crippen LogP contribution in [-0.4, -0.2) is 25.0 Å². The zero-order valence-corrected chi connectivity index (χ0v) is 7.55. The Morgan fingerprint density at radius 1 is 1.00 bits per heavy atom. The second kappa shape index (κ2) is 3.14. The summed E-state index contributed by atoms with van der Waals surface area (Å²) in [7, 11) is 2.27. The average Bonchev–Trinajstić information content (AvgIpc) is 2.04. The van der Waals surface area contributed by atoms with Crippen molar-refractivity contribution in [2.24, 2.45) is 11.8 Å². The molecular weight excluding hydrogens is 134 g/mol. The molecule has 0 aromatic carbocycles. The van der Waals surface area contributed by atoms with Crippen LogP contribution >= 0.6 is 0 Å². The normalized spacial score (nSPS) is 40.1. The van der Waals surface area contributed by atoms with Gasteiger partial charge in [0.15, 0.2) is 0 Å². The van der Waals surface area contributed by atoms with E-state index in [-0.39, 0.29) is 0 Å². The third-order valence-corrected chi connectivity index (χ3v) is 3.49. The number of rotatable bonds is 0. The van der Waals surface area contributed by atoms with E-state index in [1.54, 1.807) is 0 Å². The van der Waals surface area contributed by atoms with Crippen LogP contribution in [0.25, 0.3) is 0 Å². The Morgan fingerprint density at radius 2 is 1.73 bits per heavy atom. The van der Waals surface area contributed by atoms with Crippen molar-refractivity contribution in [2.45, 2.75) is 32.1 Å². The molecule has 1 nitrogen and oxygen atoms in total. The first-order valence-electron chi connectivity index (χ1n) is 5.05. The number of likely N-dealkylation sites (tertiary alicyclic amines) is 1. The molecule has 2 aliphatic rings. The van der Waals surface area contributed by atoms with Crippen molar-refractivity contribution in [1.82, 2.24) is 4.90 Å². The van der Waals surface area contributed by atoms with Crippen LogP contribution in [0.2, 0.25) is 0 Å². The highest BCUT2D eigenvalue weighted by Gasteiger charge is 2.29. The van der Waals surface area contributed by atoms with Gasteiger partial charge in [0.1, 0.15) is 0 Å². The lowest BCUT2D eigenvalue weighted by atomic mass is 9.75. The van der Waals surface area contributed by atoms with Crippen LogP contribution in [0.3, 0.4) is 0 Å². The van der Waals surface area contributed by atoms with Gasteiger partial charge in [-0.1, -0.05) is 19.3 Å². The van der Waals surface area contributed by atoms with E-state index in [2.05, 4.69) is 11.9 Å². The zero-order chi connectivity index (χ0) is 7.68. The lowest BCUT2D eigenvalue weighted by Crippen LogP contribution is -2.39. The molecule has 1 saturated carbocycles. The fourth-order valence-corrected chi connectivity index (χ4v) is 2.78. The van der Waals surface area contributed by atoms with Crippen molar-refractivity contribution in [1.29, 1.82) is 0 Å². The third-order valence-electron chi connectivity index (χ3n) is 3.49. The van der Waals surface area contributed by atoms with Crippen LogP contribution in [0.5, 0.6) is 0 Å². The number of hydrogen-bond donors (Lipinski definition) is 0.